The highest BCUT2D eigenvalue weighted by Crippen LogP contribution is 2.16. The highest BCUT2D eigenvalue weighted by Gasteiger charge is 2.24. The van der Waals surface area contributed by atoms with Crippen molar-refractivity contribution in [3.05, 3.63) is 77.4 Å². The van der Waals surface area contributed by atoms with Crippen molar-refractivity contribution in [2.75, 3.05) is 0 Å². The van der Waals surface area contributed by atoms with Crippen molar-refractivity contribution in [3.63, 3.8) is 0 Å². The quantitative estimate of drug-likeness (QED) is 0.657. The summed E-state index contributed by atoms with van der Waals surface area (Å²) in [5, 5.41) is 11.3. The lowest BCUT2D eigenvalue weighted by atomic mass is 10.1. The van der Waals surface area contributed by atoms with E-state index in [1.54, 1.807) is 19.1 Å². The second-order valence-electron chi connectivity index (χ2n) is 5.76. The fraction of sp³-hybridized carbons (Fsp3) is 0.222. The average molecular weight is 355 g/mol. The van der Waals surface area contributed by atoms with Crippen LogP contribution in [0.5, 0.6) is 0 Å². The van der Waals surface area contributed by atoms with E-state index in [2.05, 4.69) is 21.0 Å². The predicted molar refractivity (Wildman–Crippen MR) is 91.1 cm³/mol. The molecule has 1 N–H and O–H groups in total. The zero-order chi connectivity index (χ0) is 18.4. The molecule has 1 atom stereocenters. The van der Waals surface area contributed by atoms with Gasteiger partial charge in [0, 0.05) is 6.42 Å². The van der Waals surface area contributed by atoms with Gasteiger partial charge in [-0.15, -0.1) is 5.10 Å². The number of benzene rings is 2. The number of carbonyl (C=O) groups is 1. The number of hydroxylamine groups is 1. The average Bonchev–Trinajstić information content (AvgIpc) is 3.06. The van der Waals surface area contributed by atoms with E-state index in [1.807, 2.05) is 30.3 Å². The molecule has 1 heterocycles. The van der Waals surface area contributed by atoms with Crippen molar-refractivity contribution in [2.45, 2.75) is 26.0 Å². The van der Waals surface area contributed by atoms with Gasteiger partial charge in [0.2, 0.25) is 0 Å². The smallest absolute Gasteiger partial charge is 0.268 e. The zero-order valence-electron chi connectivity index (χ0n) is 14.2. The molecule has 2 aromatic carbocycles. The molecule has 134 valence electrons. The van der Waals surface area contributed by atoms with Gasteiger partial charge in [0.15, 0.2) is 0 Å². The number of tetrazole rings is 1. The molecule has 0 aliphatic rings. The van der Waals surface area contributed by atoms with Crippen LogP contribution in [0.2, 0.25) is 0 Å². The van der Waals surface area contributed by atoms with Crippen molar-refractivity contribution in [3.8, 4) is 0 Å². The summed E-state index contributed by atoms with van der Waals surface area (Å²) in [5.41, 5.74) is 4.01. The third-order valence-corrected chi connectivity index (χ3v) is 3.83. The number of amides is 1. The van der Waals surface area contributed by atoms with Crippen molar-refractivity contribution >= 4 is 5.91 Å². The molecule has 8 heteroatoms. The molecule has 0 bridgehead atoms. The summed E-state index contributed by atoms with van der Waals surface area (Å²) in [6.45, 7) is 1.92. The van der Waals surface area contributed by atoms with Gasteiger partial charge in [-0.1, -0.05) is 42.5 Å². The summed E-state index contributed by atoms with van der Waals surface area (Å²) in [5.74, 6) is -0.305. The molecule has 0 aliphatic carbocycles. The van der Waals surface area contributed by atoms with Crippen molar-refractivity contribution in [1.82, 2.24) is 25.7 Å². The van der Waals surface area contributed by atoms with Gasteiger partial charge in [0.25, 0.3) is 5.91 Å². The van der Waals surface area contributed by atoms with E-state index in [1.165, 1.54) is 16.8 Å². The van der Waals surface area contributed by atoms with Gasteiger partial charge in [0.05, 0.1) is 6.61 Å². The van der Waals surface area contributed by atoms with E-state index >= 15 is 0 Å². The molecular formula is C18H18FN5O2. The van der Waals surface area contributed by atoms with E-state index in [4.69, 9.17) is 4.84 Å². The predicted octanol–water partition coefficient (Wildman–Crippen LogP) is 2.15. The molecule has 0 radical (unpaired) electrons. The first kappa shape index (κ1) is 17.7. The van der Waals surface area contributed by atoms with Gasteiger partial charge in [-0.05, 0) is 40.6 Å². The minimum absolute atomic E-state index is 0.226. The van der Waals surface area contributed by atoms with Crippen molar-refractivity contribution in [2.24, 2.45) is 0 Å². The Labute approximate surface area is 149 Å². The first-order chi connectivity index (χ1) is 12.6. The summed E-state index contributed by atoms with van der Waals surface area (Å²) in [4.78, 5) is 17.9. The second-order valence-corrected chi connectivity index (χ2v) is 5.76. The maximum atomic E-state index is 13.5. The lowest BCUT2D eigenvalue weighted by Crippen LogP contribution is -2.35. The molecule has 1 amide bonds. The Morgan fingerprint density at radius 2 is 1.96 bits per heavy atom. The summed E-state index contributed by atoms with van der Waals surface area (Å²) in [6.07, 6.45) is 0.226. The Morgan fingerprint density at radius 3 is 2.65 bits per heavy atom. The summed E-state index contributed by atoms with van der Waals surface area (Å²) >= 11 is 0. The van der Waals surface area contributed by atoms with Crippen LogP contribution in [0.4, 0.5) is 4.39 Å². The van der Waals surface area contributed by atoms with Crippen molar-refractivity contribution in [1.29, 1.82) is 0 Å². The molecule has 1 aromatic heterocycles. The molecule has 26 heavy (non-hydrogen) atoms. The third kappa shape index (κ3) is 4.48. The number of halogens is 1. The van der Waals surface area contributed by atoms with E-state index in [0.717, 1.165) is 5.56 Å². The molecule has 0 fully saturated rings. The maximum Gasteiger partial charge on any atom is 0.268 e. The molecule has 0 aliphatic heterocycles. The Bertz CT molecular complexity index is 869. The van der Waals surface area contributed by atoms with Crippen LogP contribution in [0.3, 0.4) is 0 Å². The fourth-order valence-corrected chi connectivity index (χ4v) is 2.54. The van der Waals surface area contributed by atoms with Crippen molar-refractivity contribution < 1.29 is 14.0 Å². The van der Waals surface area contributed by atoms with Crippen LogP contribution in [0.15, 0.2) is 54.6 Å². The fourth-order valence-electron chi connectivity index (χ4n) is 2.54. The Hall–Kier alpha value is -3.13. The lowest BCUT2D eigenvalue weighted by Gasteiger charge is -2.17. The Kier molecular flexibility index (Phi) is 5.65. The topological polar surface area (TPSA) is 81.9 Å². The zero-order valence-corrected chi connectivity index (χ0v) is 14.2. The Balaban J connectivity index is 1.70. The minimum Gasteiger partial charge on any atom is -0.270 e. The highest BCUT2D eigenvalue weighted by molar-refractivity contribution is 5.79. The van der Waals surface area contributed by atoms with Gasteiger partial charge < -0.3 is 0 Å². The van der Waals surface area contributed by atoms with Gasteiger partial charge in [-0.3, -0.25) is 9.63 Å². The van der Waals surface area contributed by atoms with Gasteiger partial charge in [0.1, 0.15) is 17.7 Å². The van der Waals surface area contributed by atoms with Crippen LogP contribution in [-0.4, -0.2) is 26.1 Å². The van der Waals surface area contributed by atoms with E-state index in [9.17, 15) is 9.18 Å². The monoisotopic (exact) mass is 355 g/mol. The van der Waals surface area contributed by atoms with Gasteiger partial charge in [-0.25, -0.2) is 14.6 Å². The Morgan fingerprint density at radius 1 is 1.19 bits per heavy atom. The van der Waals surface area contributed by atoms with Crippen LogP contribution in [0.1, 0.15) is 23.0 Å². The summed E-state index contributed by atoms with van der Waals surface area (Å²) in [6, 6.07) is 14.8. The van der Waals surface area contributed by atoms with E-state index in [-0.39, 0.29) is 18.8 Å². The molecule has 1 unspecified atom stereocenters. The number of aryl methyl sites for hydroxylation is 1. The highest BCUT2D eigenvalue weighted by atomic mass is 19.1. The van der Waals surface area contributed by atoms with Crippen LogP contribution in [0, 0.1) is 12.7 Å². The second kappa shape index (κ2) is 8.30. The first-order valence-electron chi connectivity index (χ1n) is 8.08. The molecule has 0 saturated carbocycles. The number of hydrogen-bond acceptors (Lipinski definition) is 5. The molecule has 3 aromatic rings. The van der Waals surface area contributed by atoms with Crippen LogP contribution in [0.25, 0.3) is 0 Å². The largest absolute Gasteiger partial charge is 0.270 e. The van der Waals surface area contributed by atoms with Crippen LogP contribution >= 0.6 is 0 Å². The van der Waals surface area contributed by atoms with E-state index < -0.39 is 11.9 Å². The number of hydrogen-bond donors (Lipinski definition) is 1. The van der Waals surface area contributed by atoms with E-state index in [0.29, 0.717) is 11.4 Å². The molecule has 0 spiro atoms. The summed E-state index contributed by atoms with van der Waals surface area (Å²) < 4.78 is 14.9. The van der Waals surface area contributed by atoms with Gasteiger partial charge in [-0.2, -0.15) is 0 Å². The standard InChI is InChI=1S/C18H18FN5O2/c1-13-20-22-23-24(13)17(11-15-8-5-9-16(19)10-15)18(25)21-26-12-14-6-3-2-4-7-14/h2-10,17H,11-12H2,1H3,(H,21,25). The molecular weight excluding hydrogens is 337 g/mol. The first-order valence-corrected chi connectivity index (χ1v) is 8.08. The van der Waals surface area contributed by atoms with Crippen LogP contribution < -0.4 is 5.48 Å². The third-order valence-electron chi connectivity index (χ3n) is 3.83. The number of aromatic nitrogens is 4. The summed E-state index contributed by atoms with van der Waals surface area (Å²) in [7, 11) is 0. The molecule has 7 nitrogen and oxygen atoms in total. The van der Waals surface area contributed by atoms with Gasteiger partial charge >= 0.3 is 0 Å². The maximum absolute atomic E-state index is 13.5. The number of nitrogens with zero attached hydrogens (tertiary/aromatic N) is 4. The number of carbonyl (C=O) groups excluding carboxylic acids is 1. The molecule has 3 rings (SSSR count). The molecule has 0 saturated heterocycles. The minimum atomic E-state index is -0.762. The van der Waals surface area contributed by atoms with Crippen LogP contribution in [-0.2, 0) is 22.7 Å². The number of nitrogens with one attached hydrogen (secondary N) is 1. The lowest BCUT2D eigenvalue weighted by molar-refractivity contribution is -0.138. The normalized spacial score (nSPS) is 11.9. The SMILES string of the molecule is Cc1nnnn1C(Cc1cccc(F)c1)C(=O)NOCc1ccccc1. The number of rotatable bonds is 7.